The molecule has 266 valence electrons. The lowest BCUT2D eigenvalue weighted by Crippen LogP contribution is -2.39. The van der Waals surface area contributed by atoms with E-state index < -0.39 is 37.2 Å². The van der Waals surface area contributed by atoms with Crippen molar-refractivity contribution in [3.8, 4) is 28.7 Å². The van der Waals surface area contributed by atoms with Crippen LogP contribution in [0, 0.1) is 6.92 Å². The van der Waals surface area contributed by atoms with Gasteiger partial charge in [0.15, 0.2) is 11.5 Å². The SMILES string of the molecule is Cc1cc(CN[C@H](CO)C(=O)O)c(OCc2cccc(Cl)c2)cc1OCc1cccn(-c2ccc3c(c2)OCCO3)c1=O.N[C@H](CO)C(=O)O. The molecule has 0 saturated carbocycles. The van der Waals surface area contributed by atoms with E-state index in [2.05, 4.69) is 5.32 Å². The summed E-state index contributed by atoms with van der Waals surface area (Å²) in [4.78, 5) is 34.4. The molecule has 7 N–H and O–H groups in total. The highest BCUT2D eigenvalue weighted by atomic mass is 35.5. The molecule has 0 amide bonds. The summed E-state index contributed by atoms with van der Waals surface area (Å²) in [5.74, 6) is -0.165. The smallest absolute Gasteiger partial charge is 0.323 e. The molecule has 5 rings (SSSR count). The first kappa shape index (κ1) is 37.7. The number of aliphatic hydroxyl groups is 2. The fourth-order valence-corrected chi connectivity index (χ4v) is 4.89. The molecule has 0 unspecified atom stereocenters. The zero-order valence-corrected chi connectivity index (χ0v) is 27.8. The third kappa shape index (κ3) is 10.2. The third-order valence-corrected chi connectivity index (χ3v) is 7.62. The van der Waals surface area contributed by atoms with Crippen LogP contribution in [0.4, 0.5) is 0 Å². The Labute approximate surface area is 292 Å². The summed E-state index contributed by atoms with van der Waals surface area (Å²) in [6.07, 6.45) is 1.68. The normalized spacial score (nSPS) is 13.0. The maximum Gasteiger partial charge on any atom is 0.323 e. The Balaban J connectivity index is 0.000000727. The standard InChI is InChI=1S/C32H31ClN2O8.C3H7NO3/c1-20-12-23(16-34-26(17-36)32(38)39)29(42-18-21-4-2-6-24(33)13-21)15-28(20)43-19-22-5-3-9-35(31(22)37)25-7-8-27-30(14-25)41-11-10-40-27;4-2(1-5)3(6)7/h2-9,12-15,26,34,36H,10-11,16-19H2,1H3,(H,38,39);2,5H,1,4H2,(H,6,7)/t26-;2-/m11/s1. The van der Waals surface area contributed by atoms with Crippen molar-refractivity contribution in [3.63, 3.8) is 0 Å². The molecule has 2 atom stereocenters. The van der Waals surface area contributed by atoms with Gasteiger partial charge in [-0.15, -0.1) is 0 Å². The topological polar surface area (TPSA) is 212 Å². The number of carboxylic acids is 2. The van der Waals surface area contributed by atoms with Crippen molar-refractivity contribution < 1.29 is 49.0 Å². The second kappa shape index (κ2) is 18.0. The van der Waals surface area contributed by atoms with Gasteiger partial charge < -0.3 is 45.1 Å². The molecule has 0 saturated heterocycles. The van der Waals surface area contributed by atoms with Gasteiger partial charge in [0.05, 0.1) is 24.5 Å². The van der Waals surface area contributed by atoms with Gasteiger partial charge in [-0.1, -0.05) is 23.7 Å². The number of benzene rings is 3. The highest BCUT2D eigenvalue weighted by Gasteiger charge is 2.19. The van der Waals surface area contributed by atoms with Crippen LogP contribution in [-0.2, 0) is 29.3 Å². The molecule has 15 heteroatoms. The number of halogens is 1. The minimum atomic E-state index is -1.18. The number of nitrogens with two attached hydrogens (primary N) is 1. The molecule has 3 aromatic carbocycles. The summed E-state index contributed by atoms with van der Waals surface area (Å²) in [6, 6.07) is 17.4. The average molecular weight is 712 g/mol. The van der Waals surface area contributed by atoms with E-state index in [1.165, 1.54) is 4.57 Å². The number of aromatic nitrogens is 1. The maximum atomic E-state index is 13.4. The number of nitrogens with zero attached hydrogens (tertiary/aromatic N) is 1. The van der Waals surface area contributed by atoms with E-state index in [1.807, 2.05) is 25.1 Å². The Bertz CT molecular complexity index is 1850. The van der Waals surface area contributed by atoms with Crippen LogP contribution in [0.2, 0.25) is 5.02 Å². The Morgan fingerprint density at radius 1 is 0.900 bits per heavy atom. The zero-order chi connectivity index (χ0) is 36.2. The van der Waals surface area contributed by atoms with Crippen LogP contribution in [0.5, 0.6) is 23.0 Å². The molecule has 0 radical (unpaired) electrons. The van der Waals surface area contributed by atoms with Gasteiger partial charge >= 0.3 is 11.9 Å². The Morgan fingerprint density at radius 3 is 2.30 bits per heavy atom. The molecule has 0 fully saturated rings. The molecular weight excluding hydrogens is 674 g/mol. The van der Waals surface area contributed by atoms with Crippen molar-refractivity contribution in [2.45, 2.75) is 38.8 Å². The number of carbonyl (C=O) groups is 2. The van der Waals surface area contributed by atoms with Crippen LogP contribution in [0.1, 0.15) is 22.3 Å². The first-order valence-electron chi connectivity index (χ1n) is 15.4. The van der Waals surface area contributed by atoms with Gasteiger partial charge in [-0.3, -0.25) is 24.3 Å². The molecular formula is C35H38ClN3O11. The summed E-state index contributed by atoms with van der Waals surface area (Å²) in [6.45, 7) is 2.04. The number of fused-ring (bicyclic) bond motifs is 1. The van der Waals surface area contributed by atoms with E-state index in [1.54, 1.807) is 54.7 Å². The van der Waals surface area contributed by atoms with Gasteiger partial charge in [0, 0.05) is 35.5 Å². The number of hydrogen-bond acceptors (Lipinski definition) is 11. The fraction of sp³-hybridized carbons (Fsp3) is 0.286. The van der Waals surface area contributed by atoms with Crippen molar-refractivity contribution in [2.24, 2.45) is 5.73 Å². The van der Waals surface area contributed by atoms with E-state index in [0.717, 1.165) is 11.1 Å². The number of hydrogen-bond donors (Lipinski definition) is 6. The van der Waals surface area contributed by atoms with Crippen molar-refractivity contribution >= 4 is 23.5 Å². The summed E-state index contributed by atoms with van der Waals surface area (Å²) >= 11 is 6.12. The molecule has 4 aromatic rings. The first-order chi connectivity index (χ1) is 24.0. The van der Waals surface area contributed by atoms with Gasteiger partial charge in [0.1, 0.15) is 50.0 Å². The summed E-state index contributed by atoms with van der Waals surface area (Å²) in [5.41, 5.74) is 7.89. The van der Waals surface area contributed by atoms with Crippen LogP contribution in [0.15, 0.2) is 77.7 Å². The van der Waals surface area contributed by atoms with Crippen molar-refractivity contribution in [1.29, 1.82) is 0 Å². The van der Waals surface area contributed by atoms with Crippen LogP contribution < -0.4 is 35.6 Å². The summed E-state index contributed by atoms with van der Waals surface area (Å²) in [7, 11) is 0. The van der Waals surface area contributed by atoms with Gasteiger partial charge in [-0.05, 0) is 60.5 Å². The summed E-state index contributed by atoms with van der Waals surface area (Å²) < 4.78 is 25.0. The van der Waals surface area contributed by atoms with E-state index in [4.69, 9.17) is 46.5 Å². The lowest BCUT2D eigenvalue weighted by molar-refractivity contribution is -0.141. The second-order valence-electron chi connectivity index (χ2n) is 11.1. The van der Waals surface area contributed by atoms with Crippen LogP contribution in [-0.4, -0.2) is 75.4 Å². The highest BCUT2D eigenvalue weighted by Crippen LogP contribution is 2.32. The number of carboxylic acid groups (broad SMARTS) is 2. The van der Waals surface area contributed by atoms with E-state index in [0.29, 0.717) is 58.0 Å². The van der Waals surface area contributed by atoms with E-state index >= 15 is 0 Å². The van der Waals surface area contributed by atoms with Gasteiger partial charge in [-0.2, -0.15) is 0 Å². The number of rotatable bonds is 14. The molecule has 0 aliphatic carbocycles. The molecule has 14 nitrogen and oxygen atoms in total. The second-order valence-corrected chi connectivity index (χ2v) is 11.5. The van der Waals surface area contributed by atoms with Crippen molar-refractivity contribution in [1.82, 2.24) is 9.88 Å². The Kier molecular flexibility index (Phi) is 13.6. The van der Waals surface area contributed by atoms with Gasteiger partial charge in [-0.25, -0.2) is 0 Å². The minimum absolute atomic E-state index is 0.00198. The quantitative estimate of drug-likeness (QED) is 0.111. The summed E-state index contributed by atoms with van der Waals surface area (Å²) in [5, 5.41) is 38.0. The number of ether oxygens (including phenoxy) is 4. The molecule has 1 aromatic heterocycles. The Hall–Kier alpha value is -5.12. The monoisotopic (exact) mass is 711 g/mol. The molecule has 2 heterocycles. The van der Waals surface area contributed by atoms with E-state index in [-0.39, 0.29) is 25.3 Å². The molecule has 1 aliphatic heterocycles. The lowest BCUT2D eigenvalue weighted by Gasteiger charge is -2.19. The van der Waals surface area contributed by atoms with Crippen molar-refractivity contribution in [3.05, 3.63) is 111 Å². The molecule has 0 bridgehead atoms. The number of nitrogens with one attached hydrogen (secondary N) is 1. The van der Waals surface area contributed by atoms with Crippen LogP contribution in [0.3, 0.4) is 0 Å². The largest absolute Gasteiger partial charge is 0.488 e. The molecule has 50 heavy (non-hydrogen) atoms. The van der Waals surface area contributed by atoms with Gasteiger partial charge in [0.25, 0.3) is 5.56 Å². The van der Waals surface area contributed by atoms with Crippen molar-refractivity contribution in [2.75, 3.05) is 26.4 Å². The van der Waals surface area contributed by atoms with Crippen LogP contribution in [0.25, 0.3) is 5.69 Å². The predicted molar refractivity (Wildman–Crippen MR) is 182 cm³/mol. The average Bonchev–Trinajstić information content (AvgIpc) is 3.11. The Morgan fingerprint density at radius 2 is 1.64 bits per heavy atom. The lowest BCUT2D eigenvalue weighted by atomic mass is 10.1. The van der Waals surface area contributed by atoms with Crippen LogP contribution >= 0.6 is 11.6 Å². The zero-order valence-electron chi connectivity index (χ0n) is 27.1. The number of aliphatic hydroxyl groups excluding tert-OH is 2. The number of aryl methyl sites for hydroxylation is 1. The molecule has 1 aliphatic rings. The highest BCUT2D eigenvalue weighted by molar-refractivity contribution is 6.30. The first-order valence-corrected chi connectivity index (χ1v) is 15.8. The molecule has 0 spiro atoms. The fourth-order valence-electron chi connectivity index (χ4n) is 4.68. The number of pyridine rings is 1. The predicted octanol–water partition coefficient (Wildman–Crippen LogP) is 2.65. The van der Waals surface area contributed by atoms with Gasteiger partial charge in [0.2, 0.25) is 0 Å². The third-order valence-electron chi connectivity index (χ3n) is 7.39. The van der Waals surface area contributed by atoms with E-state index in [9.17, 15) is 24.6 Å². The maximum absolute atomic E-state index is 13.4. The minimum Gasteiger partial charge on any atom is -0.488 e. The number of aliphatic carboxylic acids is 2.